The average Bonchev–Trinajstić information content (AvgIpc) is 2.69. The Morgan fingerprint density at radius 1 is 1.14 bits per heavy atom. The molecule has 3 N–H and O–H groups in total. The van der Waals surface area contributed by atoms with Gasteiger partial charge in [0.15, 0.2) is 0 Å². The molecule has 0 radical (unpaired) electrons. The molecule has 0 saturated heterocycles. The molecule has 29 heavy (non-hydrogen) atoms. The first-order chi connectivity index (χ1) is 14.0. The maximum Gasteiger partial charge on any atom is 0.340 e. The minimum absolute atomic E-state index is 0.267. The molecular weight excluding hydrogens is 390 g/mol. The fraction of sp³-hybridized carbons (Fsp3) is 0.143. The molecule has 0 aliphatic rings. The zero-order valence-corrected chi connectivity index (χ0v) is 16.7. The number of nitrogens with one attached hydrogen (secondary N) is 3. The lowest BCUT2D eigenvalue weighted by atomic mass is 10.0. The van der Waals surface area contributed by atoms with E-state index >= 15 is 0 Å². The third-order valence-electron chi connectivity index (χ3n) is 4.32. The van der Waals surface area contributed by atoms with E-state index in [1.165, 1.54) is 0 Å². The van der Waals surface area contributed by atoms with Crippen LogP contribution in [0.5, 0.6) is 5.75 Å². The molecule has 3 aromatic rings. The summed E-state index contributed by atoms with van der Waals surface area (Å²) in [5, 5.41) is 5.95. The number of rotatable bonds is 6. The smallest absolute Gasteiger partial charge is 0.340 e. The SMILES string of the molecule is Cc1cc(-c2cccc(Cl)n2)c(C)cc1OCc1ccccc1NC(=O)NN=N. The number of urea groups is 1. The summed E-state index contributed by atoms with van der Waals surface area (Å²) in [7, 11) is 0. The van der Waals surface area contributed by atoms with Crippen LogP contribution in [0.2, 0.25) is 5.15 Å². The maximum absolute atomic E-state index is 11.6. The van der Waals surface area contributed by atoms with Crippen LogP contribution in [0.1, 0.15) is 16.7 Å². The topological polar surface area (TPSA) is 99.5 Å². The van der Waals surface area contributed by atoms with Crippen LogP contribution >= 0.6 is 11.6 Å². The predicted molar refractivity (Wildman–Crippen MR) is 112 cm³/mol. The minimum atomic E-state index is -0.585. The molecule has 2 aromatic carbocycles. The van der Waals surface area contributed by atoms with E-state index in [9.17, 15) is 4.79 Å². The van der Waals surface area contributed by atoms with Crippen molar-refractivity contribution in [3.05, 3.63) is 76.4 Å². The van der Waals surface area contributed by atoms with E-state index in [1.807, 2.05) is 55.7 Å². The normalized spacial score (nSPS) is 10.3. The number of aromatic nitrogens is 1. The molecule has 3 rings (SSSR count). The van der Waals surface area contributed by atoms with Crippen molar-refractivity contribution in [1.29, 1.82) is 5.53 Å². The van der Waals surface area contributed by atoms with Gasteiger partial charge in [0, 0.05) is 16.8 Å². The van der Waals surface area contributed by atoms with Crippen molar-refractivity contribution in [1.82, 2.24) is 10.4 Å². The van der Waals surface area contributed by atoms with Gasteiger partial charge in [-0.2, -0.15) is 5.53 Å². The largest absolute Gasteiger partial charge is 0.489 e. The second kappa shape index (κ2) is 9.16. The van der Waals surface area contributed by atoms with E-state index in [2.05, 4.69) is 15.5 Å². The summed E-state index contributed by atoms with van der Waals surface area (Å²) in [5.41, 5.74) is 13.9. The number of hydrogen-bond acceptors (Lipinski definition) is 5. The quantitative estimate of drug-likeness (QED) is 0.278. The molecule has 8 heteroatoms. The van der Waals surface area contributed by atoms with E-state index < -0.39 is 6.03 Å². The zero-order valence-electron chi connectivity index (χ0n) is 16.0. The molecule has 2 amide bonds. The molecule has 0 spiro atoms. The second-order valence-corrected chi connectivity index (χ2v) is 6.79. The van der Waals surface area contributed by atoms with Gasteiger partial charge in [-0.15, -0.1) is 0 Å². The lowest BCUT2D eigenvalue weighted by molar-refractivity contribution is 0.251. The third kappa shape index (κ3) is 5.08. The van der Waals surface area contributed by atoms with E-state index in [4.69, 9.17) is 21.9 Å². The van der Waals surface area contributed by atoms with E-state index in [0.717, 1.165) is 33.7 Å². The Hall–Kier alpha value is -3.45. The van der Waals surface area contributed by atoms with Crippen molar-refractivity contribution in [2.75, 3.05) is 5.32 Å². The molecule has 1 aromatic heterocycles. The summed E-state index contributed by atoms with van der Waals surface area (Å²) >= 11 is 6.02. The molecule has 0 unspecified atom stereocenters. The average molecular weight is 410 g/mol. The van der Waals surface area contributed by atoms with Gasteiger partial charge >= 0.3 is 6.03 Å². The van der Waals surface area contributed by atoms with E-state index in [1.54, 1.807) is 18.2 Å². The minimum Gasteiger partial charge on any atom is -0.489 e. The van der Waals surface area contributed by atoms with Crippen molar-refractivity contribution < 1.29 is 9.53 Å². The van der Waals surface area contributed by atoms with Gasteiger partial charge < -0.3 is 10.1 Å². The number of aryl methyl sites for hydroxylation is 2. The first-order valence-electron chi connectivity index (χ1n) is 8.86. The number of amides is 2. The number of anilines is 1. The molecular formula is C21H20ClN5O2. The number of pyridine rings is 1. The number of hydrogen-bond donors (Lipinski definition) is 3. The number of halogens is 1. The summed E-state index contributed by atoms with van der Waals surface area (Å²) in [5.74, 6) is 0.744. The Morgan fingerprint density at radius 2 is 1.93 bits per heavy atom. The van der Waals surface area contributed by atoms with E-state index in [0.29, 0.717) is 10.8 Å². The molecule has 0 aliphatic heterocycles. The summed E-state index contributed by atoms with van der Waals surface area (Å²) < 4.78 is 6.02. The molecule has 0 fully saturated rings. The Labute approximate surface area is 173 Å². The lowest BCUT2D eigenvalue weighted by Crippen LogP contribution is -2.24. The first-order valence-corrected chi connectivity index (χ1v) is 9.24. The highest BCUT2D eigenvalue weighted by atomic mass is 35.5. The highest BCUT2D eigenvalue weighted by molar-refractivity contribution is 6.29. The summed E-state index contributed by atoms with van der Waals surface area (Å²) in [6.07, 6.45) is 0. The van der Waals surface area contributed by atoms with Crippen LogP contribution in [0.3, 0.4) is 0 Å². The van der Waals surface area contributed by atoms with Gasteiger partial charge in [-0.25, -0.2) is 15.2 Å². The van der Waals surface area contributed by atoms with Crippen LogP contribution in [0.25, 0.3) is 11.3 Å². The number of carbonyl (C=O) groups excluding carboxylic acids is 1. The van der Waals surface area contributed by atoms with Crippen LogP contribution in [-0.4, -0.2) is 11.0 Å². The van der Waals surface area contributed by atoms with Gasteiger partial charge in [0.1, 0.15) is 17.5 Å². The maximum atomic E-state index is 11.6. The van der Waals surface area contributed by atoms with E-state index in [-0.39, 0.29) is 6.61 Å². The monoisotopic (exact) mass is 409 g/mol. The van der Waals surface area contributed by atoms with Gasteiger partial charge in [0.05, 0.1) is 5.69 Å². The first kappa shape index (κ1) is 20.3. The number of benzene rings is 2. The van der Waals surface area contributed by atoms with Gasteiger partial charge in [0.25, 0.3) is 0 Å². The number of para-hydroxylation sites is 1. The zero-order chi connectivity index (χ0) is 20.8. The van der Waals surface area contributed by atoms with Crippen LogP contribution in [0, 0.1) is 19.4 Å². The van der Waals surface area contributed by atoms with Crippen molar-refractivity contribution in [2.24, 2.45) is 5.22 Å². The van der Waals surface area contributed by atoms with Gasteiger partial charge in [-0.05, 0) is 55.3 Å². The van der Waals surface area contributed by atoms with Crippen molar-refractivity contribution in [3.8, 4) is 17.0 Å². The van der Waals surface area contributed by atoms with Crippen molar-refractivity contribution >= 4 is 23.3 Å². The molecule has 148 valence electrons. The summed E-state index contributed by atoms with van der Waals surface area (Å²) in [6, 6.07) is 16.2. The predicted octanol–water partition coefficient (Wildman–Crippen LogP) is 5.67. The second-order valence-electron chi connectivity index (χ2n) is 6.40. The van der Waals surface area contributed by atoms with Crippen molar-refractivity contribution in [3.63, 3.8) is 0 Å². The van der Waals surface area contributed by atoms with Crippen LogP contribution in [0.4, 0.5) is 10.5 Å². The van der Waals surface area contributed by atoms with Crippen LogP contribution in [-0.2, 0) is 6.61 Å². The molecule has 0 saturated carbocycles. The highest BCUT2D eigenvalue weighted by Gasteiger charge is 2.11. The Morgan fingerprint density at radius 3 is 2.69 bits per heavy atom. The lowest BCUT2D eigenvalue weighted by Gasteiger charge is -2.15. The molecule has 0 aliphatic carbocycles. The van der Waals surface area contributed by atoms with Crippen LogP contribution in [0.15, 0.2) is 59.8 Å². The fourth-order valence-electron chi connectivity index (χ4n) is 2.90. The number of nitrogens with zero attached hydrogens (tertiary/aromatic N) is 2. The molecule has 7 nitrogen and oxygen atoms in total. The molecule has 0 atom stereocenters. The fourth-order valence-corrected chi connectivity index (χ4v) is 3.07. The van der Waals surface area contributed by atoms with Crippen LogP contribution < -0.4 is 15.5 Å². The summed E-state index contributed by atoms with van der Waals surface area (Å²) in [6.45, 7) is 4.23. The summed E-state index contributed by atoms with van der Waals surface area (Å²) in [4.78, 5) is 16.0. The number of ether oxygens (including phenoxy) is 1. The van der Waals surface area contributed by atoms with Crippen molar-refractivity contribution in [2.45, 2.75) is 20.5 Å². The molecule has 0 bridgehead atoms. The molecule has 1 heterocycles. The van der Waals surface area contributed by atoms with Gasteiger partial charge in [0.2, 0.25) is 0 Å². The highest BCUT2D eigenvalue weighted by Crippen LogP contribution is 2.30. The van der Waals surface area contributed by atoms with Gasteiger partial charge in [-0.1, -0.05) is 41.1 Å². The third-order valence-corrected chi connectivity index (χ3v) is 4.53. The Balaban J connectivity index is 1.79. The van der Waals surface area contributed by atoms with Gasteiger partial charge in [-0.3, -0.25) is 0 Å². The number of carbonyl (C=O) groups is 1. The standard InChI is InChI=1S/C21H20ClN5O2/c1-13-11-19(14(2)10-16(13)18-8-5-9-20(22)24-18)29-12-15-6-3-4-7-17(15)25-21(28)26-27-23/h3-11H,12H2,1-2H3,(H3,23,25,26,28). The Bertz CT molecular complexity index is 1050. The Kier molecular flexibility index (Phi) is 6.41.